The molecule has 0 unspecified atom stereocenters. The van der Waals surface area contributed by atoms with Crippen molar-refractivity contribution in [3.05, 3.63) is 11.6 Å². The van der Waals surface area contributed by atoms with Crippen LogP contribution in [0.4, 0.5) is 0 Å². The van der Waals surface area contributed by atoms with Crippen LogP contribution in [0.25, 0.3) is 0 Å². The first-order chi connectivity index (χ1) is 9.89. The molecule has 1 heterocycles. The number of esters is 1. The molecular weight excluding hydrogens is 266 g/mol. The SMILES string of the molecule is CC1=C[C@@H](C)[C@H](COC(=O)C[N+]2(C)CCOCC2)[C@@H](C)C1. The Labute approximate surface area is 128 Å². The fraction of sp³-hybridized carbons (Fsp3) is 0.824. The van der Waals surface area contributed by atoms with Gasteiger partial charge in [0.1, 0.15) is 13.1 Å². The molecule has 2 rings (SSSR count). The van der Waals surface area contributed by atoms with Crippen molar-refractivity contribution in [3.63, 3.8) is 0 Å². The Hall–Kier alpha value is -0.870. The number of rotatable bonds is 4. The van der Waals surface area contributed by atoms with E-state index in [-0.39, 0.29) is 5.97 Å². The predicted molar refractivity (Wildman–Crippen MR) is 82.8 cm³/mol. The number of hydrogen-bond donors (Lipinski definition) is 0. The third kappa shape index (κ3) is 4.55. The lowest BCUT2D eigenvalue weighted by Crippen LogP contribution is -2.54. The lowest BCUT2D eigenvalue weighted by molar-refractivity contribution is -0.910. The number of likely N-dealkylation sites (N-methyl/N-ethyl adjacent to an activating group) is 1. The van der Waals surface area contributed by atoms with Gasteiger partial charge in [0.15, 0.2) is 6.54 Å². The summed E-state index contributed by atoms with van der Waals surface area (Å²) in [5.41, 5.74) is 1.46. The number of hydrogen-bond acceptors (Lipinski definition) is 3. The summed E-state index contributed by atoms with van der Waals surface area (Å²) >= 11 is 0. The second-order valence-electron chi connectivity index (χ2n) is 7.24. The van der Waals surface area contributed by atoms with Gasteiger partial charge in [0, 0.05) is 5.92 Å². The molecule has 4 nitrogen and oxygen atoms in total. The summed E-state index contributed by atoms with van der Waals surface area (Å²) in [7, 11) is 2.11. The molecule has 0 spiro atoms. The molecule has 0 aromatic rings. The maximum atomic E-state index is 12.1. The van der Waals surface area contributed by atoms with Crippen molar-refractivity contribution < 1.29 is 18.8 Å². The average molecular weight is 296 g/mol. The predicted octanol–water partition coefficient (Wildman–Crippen LogP) is 2.24. The van der Waals surface area contributed by atoms with Gasteiger partial charge >= 0.3 is 5.97 Å². The number of nitrogens with zero attached hydrogens (tertiary/aromatic N) is 1. The summed E-state index contributed by atoms with van der Waals surface area (Å²) in [6, 6.07) is 0. The van der Waals surface area contributed by atoms with Gasteiger partial charge in [-0.3, -0.25) is 0 Å². The Bertz CT molecular complexity index is 399. The Morgan fingerprint density at radius 3 is 2.67 bits per heavy atom. The van der Waals surface area contributed by atoms with Gasteiger partial charge in [0.2, 0.25) is 0 Å². The van der Waals surface area contributed by atoms with Gasteiger partial charge in [-0.25, -0.2) is 4.79 Å². The first-order valence-corrected chi connectivity index (χ1v) is 8.14. The second-order valence-corrected chi connectivity index (χ2v) is 7.24. The Balaban J connectivity index is 1.81. The van der Waals surface area contributed by atoms with Crippen LogP contribution < -0.4 is 0 Å². The first kappa shape index (κ1) is 16.5. The second kappa shape index (κ2) is 6.93. The number of allylic oxidation sites excluding steroid dienone is 2. The molecule has 3 atom stereocenters. The lowest BCUT2D eigenvalue weighted by atomic mass is 9.75. The van der Waals surface area contributed by atoms with Crippen molar-refractivity contribution in [2.75, 3.05) is 46.5 Å². The van der Waals surface area contributed by atoms with Gasteiger partial charge in [0.25, 0.3) is 0 Å². The summed E-state index contributed by atoms with van der Waals surface area (Å²) in [6.45, 7) is 11.0. The maximum Gasteiger partial charge on any atom is 0.361 e. The van der Waals surface area contributed by atoms with Crippen molar-refractivity contribution in [2.24, 2.45) is 17.8 Å². The normalized spacial score (nSPS) is 32.4. The number of morpholine rings is 1. The highest BCUT2D eigenvalue weighted by Crippen LogP contribution is 2.33. The largest absolute Gasteiger partial charge is 0.461 e. The number of ether oxygens (including phenoxy) is 2. The molecule has 2 aliphatic rings. The molecule has 1 aliphatic carbocycles. The third-order valence-electron chi connectivity index (χ3n) is 5.10. The Morgan fingerprint density at radius 1 is 1.38 bits per heavy atom. The zero-order valence-electron chi connectivity index (χ0n) is 13.9. The van der Waals surface area contributed by atoms with Gasteiger partial charge in [-0.05, 0) is 25.2 Å². The number of carbonyl (C=O) groups is 1. The molecule has 120 valence electrons. The number of carbonyl (C=O) groups excluding carboxylic acids is 1. The van der Waals surface area contributed by atoms with Crippen LogP contribution in [0.1, 0.15) is 27.2 Å². The van der Waals surface area contributed by atoms with E-state index in [0.29, 0.717) is 30.9 Å². The van der Waals surface area contributed by atoms with E-state index >= 15 is 0 Å². The lowest BCUT2D eigenvalue weighted by Gasteiger charge is -2.37. The molecule has 0 bridgehead atoms. The van der Waals surface area contributed by atoms with Crippen LogP contribution >= 0.6 is 0 Å². The minimum Gasteiger partial charge on any atom is -0.461 e. The van der Waals surface area contributed by atoms with Crippen LogP contribution in [-0.4, -0.2) is 57.0 Å². The molecule has 4 heteroatoms. The number of quaternary nitrogens is 1. The molecule has 0 radical (unpaired) electrons. The zero-order chi connectivity index (χ0) is 15.5. The van der Waals surface area contributed by atoms with Crippen molar-refractivity contribution in [1.29, 1.82) is 0 Å². The van der Waals surface area contributed by atoms with E-state index in [4.69, 9.17) is 9.47 Å². The fourth-order valence-corrected chi connectivity index (χ4v) is 3.62. The molecular formula is C17H30NO3+. The zero-order valence-corrected chi connectivity index (χ0v) is 13.9. The highest BCUT2D eigenvalue weighted by Gasteiger charge is 2.31. The molecule has 0 saturated carbocycles. The molecule has 0 aromatic carbocycles. The van der Waals surface area contributed by atoms with Crippen molar-refractivity contribution >= 4 is 5.97 Å². The van der Waals surface area contributed by atoms with Gasteiger partial charge < -0.3 is 14.0 Å². The van der Waals surface area contributed by atoms with E-state index < -0.39 is 0 Å². The van der Waals surface area contributed by atoms with E-state index in [0.717, 1.165) is 37.2 Å². The Morgan fingerprint density at radius 2 is 2.05 bits per heavy atom. The van der Waals surface area contributed by atoms with Crippen LogP contribution in [0.2, 0.25) is 0 Å². The monoisotopic (exact) mass is 296 g/mol. The molecule has 1 fully saturated rings. The van der Waals surface area contributed by atoms with Crippen LogP contribution in [0.3, 0.4) is 0 Å². The van der Waals surface area contributed by atoms with Crippen LogP contribution in [0.5, 0.6) is 0 Å². The minimum atomic E-state index is -0.0647. The Kier molecular flexibility index (Phi) is 5.44. The topological polar surface area (TPSA) is 35.5 Å². The van der Waals surface area contributed by atoms with Gasteiger partial charge in [-0.1, -0.05) is 25.5 Å². The quantitative estimate of drug-likeness (QED) is 0.453. The summed E-state index contributed by atoms with van der Waals surface area (Å²) < 4.78 is 11.7. The van der Waals surface area contributed by atoms with Gasteiger partial charge in [-0.15, -0.1) is 0 Å². The van der Waals surface area contributed by atoms with Crippen LogP contribution in [0.15, 0.2) is 11.6 Å². The minimum absolute atomic E-state index is 0.0647. The molecule has 0 amide bonds. The van der Waals surface area contributed by atoms with E-state index in [9.17, 15) is 4.79 Å². The molecule has 1 saturated heterocycles. The highest BCUT2D eigenvalue weighted by molar-refractivity contribution is 5.70. The molecule has 1 aliphatic heterocycles. The molecule has 0 aromatic heterocycles. The molecule has 0 N–H and O–H groups in total. The first-order valence-electron chi connectivity index (χ1n) is 8.14. The van der Waals surface area contributed by atoms with Crippen molar-refractivity contribution in [1.82, 2.24) is 0 Å². The smallest absolute Gasteiger partial charge is 0.361 e. The summed E-state index contributed by atoms with van der Waals surface area (Å²) in [4.78, 5) is 12.1. The van der Waals surface area contributed by atoms with Crippen LogP contribution in [-0.2, 0) is 14.3 Å². The highest BCUT2D eigenvalue weighted by atomic mass is 16.5. The van der Waals surface area contributed by atoms with E-state index in [1.165, 1.54) is 5.57 Å². The summed E-state index contributed by atoms with van der Waals surface area (Å²) in [5, 5.41) is 0. The third-order valence-corrected chi connectivity index (χ3v) is 5.10. The van der Waals surface area contributed by atoms with E-state index in [2.05, 4.69) is 33.9 Å². The maximum absolute atomic E-state index is 12.1. The molecule has 21 heavy (non-hydrogen) atoms. The summed E-state index contributed by atoms with van der Waals surface area (Å²) in [6.07, 6.45) is 3.45. The van der Waals surface area contributed by atoms with E-state index in [1.807, 2.05) is 0 Å². The van der Waals surface area contributed by atoms with Crippen molar-refractivity contribution in [3.8, 4) is 0 Å². The van der Waals surface area contributed by atoms with Crippen molar-refractivity contribution in [2.45, 2.75) is 27.2 Å². The van der Waals surface area contributed by atoms with Gasteiger partial charge in [0.05, 0.1) is 26.9 Å². The fourth-order valence-electron chi connectivity index (χ4n) is 3.62. The standard InChI is InChI=1S/C17H30NO3/c1-13-9-14(2)16(15(3)10-13)12-21-17(19)11-18(4)5-7-20-8-6-18/h9,14-16H,5-8,10-12H2,1-4H3/q+1/t14-,15+,16+/m1/s1. The average Bonchev–Trinajstić information content (AvgIpc) is 2.37. The van der Waals surface area contributed by atoms with E-state index in [1.54, 1.807) is 0 Å². The van der Waals surface area contributed by atoms with Gasteiger partial charge in [-0.2, -0.15) is 0 Å². The van der Waals surface area contributed by atoms with Crippen LogP contribution in [0, 0.1) is 17.8 Å². The summed E-state index contributed by atoms with van der Waals surface area (Å²) in [5.74, 6) is 1.47.